The van der Waals surface area contributed by atoms with Crippen LogP contribution in [0.4, 0.5) is 0 Å². The maximum absolute atomic E-state index is 5.23. The smallest absolute Gasteiger partial charge is 0.122 e. The third-order valence-corrected chi connectivity index (χ3v) is 2.15. The molecule has 1 aromatic carbocycles. The predicted molar refractivity (Wildman–Crippen MR) is 62.7 cm³/mol. The van der Waals surface area contributed by atoms with E-state index in [-0.39, 0.29) is 5.41 Å². The van der Waals surface area contributed by atoms with Crippen LogP contribution >= 0.6 is 0 Å². The van der Waals surface area contributed by atoms with Crippen molar-refractivity contribution in [3.05, 3.63) is 23.8 Å². The molecule has 0 spiro atoms. The standard InChI is InChI=1S/C13H20O2/c1-13(2,3)9-10-6-11(14-4)8-12(7-10)15-5/h6-8H,9H2,1-5H3. The Morgan fingerprint density at radius 1 is 0.933 bits per heavy atom. The van der Waals surface area contributed by atoms with Gasteiger partial charge in [-0.3, -0.25) is 0 Å². The molecule has 0 unspecified atom stereocenters. The van der Waals surface area contributed by atoms with E-state index in [1.165, 1.54) is 5.56 Å². The molecule has 0 saturated carbocycles. The zero-order chi connectivity index (χ0) is 11.5. The van der Waals surface area contributed by atoms with Crippen LogP contribution in [0.3, 0.4) is 0 Å². The highest BCUT2D eigenvalue weighted by atomic mass is 16.5. The van der Waals surface area contributed by atoms with Crippen LogP contribution in [0.25, 0.3) is 0 Å². The Morgan fingerprint density at radius 2 is 1.40 bits per heavy atom. The second kappa shape index (κ2) is 4.56. The Morgan fingerprint density at radius 3 is 1.73 bits per heavy atom. The Hall–Kier alpha value is -1.18. The highest BCUT2D eigenvalue weighted by Gasteiger charge is 2.12. The number of hydrogen-bond donors (Lipinski definition) is 0. The van der Waals surface area contributed by atoms with Gasteiger partial charge in [-0.05, 0) is 29.5 Å². The van der Waals surface area contributed by atoms with Crippen LogP contribution in [0, 0.1) is 5.41 Å². The van der Waals surface area contributed by atoms with Crippen molar-refractivity contribution in [3.8, 4) is 11.5 Å². The van der Waals surface area contributed by atoms with Gasteiger partial charge in [-0.1, -0.05) is 20.8 Å². The van der Waals surface area contributed by atoms with E-state index in [9.17, 15) is 0 Å². The first-order chi connectivity index (χ1) is 6.94. The van der Waals surface area contributed by atoms with E-state index in [0.29, 0.717) is 0 Å². The van der Waals surface area contributed by atoms with Gasteiger partial charge >= 0.3 is 0 Å². The summed E-state index contributed by atoms with van der Waals surface area (Å²) in [6.07, 6.45) is 1.01. The predicted octanol–water partition coefficient (Wildman–Crippen LogP) is 3.29. The minimum atomic E-state index is 0.275. The summed E-state index contributed by atoms with van der Waals surface area (Å²) in [6.45, 7) is 6.66. The summed E-state index contributed by atoms with van der Waals surface area (Å²) in [5, 5.41) is 0. The van der Waals surface area contributed by atoms with Crippen LogP contribution in [-0.4, -0.2) is 14.2 Å². The average molecular weight is 208 g/mol. The van der Waals surface area contributed by atoms with E-state index in [2.05, 4.69) is 32.9 Å². The topological polar surface area (TPSA) is 18.5 Å². The molecule has 2 nitrogen and oxygen atoms in total. The zero-order valence-electron chi connectivity index (χ0n) is 10.3. The lowest BCUT2D eigenvalue weighted by Crippen LogP contribution is -2.09. The second-order valence-electron chi connectivity index (χ2n) is 4.96. The van der Waals surface area contributed by atoms with Gasteiger partial charge in [0.15, 0.2) is 0 Å². The van der Waals surface area contributed by atoms with Crippen LogP contribution in [0.2, 0.25) is 0 Å². The Balaban J connectivity index is 2.97. The molecule has 84 valence electrons. The quantitative estimate of drug-likeness (QED) is 0.758. The number of rotatable bonds is 3. The van der Waals surface area contributed by atoms with Gasteiger partial charge in [0.25, 0.3) is 0 Å². The molecule has 0 bridgehead atoms. The van der Waals surface area contributed by atoms with Gasteiger partial charge in [0.2, 0.25) is 0 Å². The molecule has 0 amide bonds. The molecule has 1 rings (SSSR count). The number of methoxy groups -OCH3 is 2. The van der Waals surface area contributed by atoms with E-state index in [1.807, 2.05) is 6.07 Å². The van der Waals surface area contributed by atoms with Gasteiger partial charge in [-0.2, -0.15) is 0 Å². The van der Waals surface area contributed by atoms with Gasteiger partial charge in [0.1, 0.15) is 11.5 Å². The van der Waals surface area contributed by atoms with Crippen molar-refractivity contribution in [1.82, 2.24) is 0 Å². The van der Waals surface area contributed by atoms with Crippen molar-refractivity contribution in [3.63, 3.8) is 0 Å². The summed E-state index contributed by atoms with van der Waals surface area (Å²) in [7, 11) is 3.35. The SMILES string of the molecule is COc1cc(CC(C)(C)C)cc(OC)c1. The van der Waals surface area contributed by atoms with Gasteiger partial charge in [0.05, 0.1) is 14.2 Å². The van der Waals surface area contributed by atoms with Crippen molar-refractivity contribution in [2.24, 2.45) is 5.41 Å². The van der Waals surface area contributed by atoms with Gasteiger partial charge in [0, 0.05) is 6.07 Å². The summed E-state index contributed by atoms with van der Waals surface area (Å²) < 4.78 is 10.5. The van der Waals surface area contributed by atoms with Gasteiger partial charge in [-0.25, -0.2) is 0 Å². The summed E-state index contributed by atoms with van der Waals surface area (Å²) in [4.78, 5) is 0. The first-order valence-corrected chi connectivity index (χ1v) is 5.16. The van der Waals surface area contributed by atoms with Gasteiger partial charge in [-0.15, -0.1) is 0 Å². The molecular weight excluding hydrogens is 188 g/mol. The average Bonchev–Trinajstić information content (AvgIpc) is 2.14. The molecule has 1 aromatic rings. The highest BCUT2D eigenvalue weighted by Crippen LogP contribution is 2.27. The number of benzene rings is 1. The summed E-state index contributed by atoms with van der Waals surface area (Å²) >= 11 is 0. The third kappa shape index (κ3) is 3.82. The third-order valence-electron chi connectivity index (χ3n) is 2.15. The van der Waals surface area contributed by atoms with E-state index in [0.717, 1.165) is 17.9 Å². The number of hydrogen-bond acceptors (Lipinski definition) is 2. The van der Waals surface area contributed by atoms with E-state index in [1.54, 1.807) is 14.2 Å². The molecule has 0 aliphatic heterocycles. The molecule has 2 heteroatoms. The summed E-state index contributed by atoms with van der Waals surface area (Å²) in [6, 6.07) is 6.02. The van der Waals surface area contributed by atoms with Gasteiger partial charge < -0.3 is 9.47 Å². The van der Waals surface area contributed by atoms with Crippen molar-refractivity contribution in [2.75, 3.05) is 14.2 Å². The monoisotopic (exact) mass is 208 g/mol. The highest BCUT2D eigenvalue weighted by molar-refractivity contribution is 5.38. The van der Waals surface area contributed by atoms with E-state index < -0.39 is 0 Å². The molecule has 0 N–H and O–H groups in total. The Bertz CT molecular complexity index is 302. The fourth-order valence-corrected chi connectivity index (χ4v) is 1.58. The minimum absolute atomic E-state index is 0.275. The van der Waals surface area contributed by atoms with Crippen LogP contribution in [0.1, 0.15) is 26.3 Å². The van der Waals surface area contributed by atoms with E-state index >= 15 is 0 Å². The molecule has 0 heterocycles. The first-order valence-electron chi connectivity index (χ1n) is 5.16. The van der Waals surface area contributed by atoms with E-state index in [4.69, 9.17) is 9.47 Å². The maximum atomic E-state index is 5.23. The molecule has 15 heavy (non-hydrogen) atoms. The van der Waals surface area contributed by atoms with Crippen LogP contribution < -0.4 is 9.47 Å². The number of ether oxygens (including phenoxy) is 2. The van der Waals surface area contributed by atoms with Crippen LogP contribution in [-0.2, 0) is 6.42 Å². The van der Waals surface area contributed by atoms with Crippen LogP contribution in [0.5, 0.6) is 11.5 Å². The van der Waals surface area contributed by atoms with Crippen LogP contribution in [0.15, 0.2) is 18.2 Å². The molecule has 0 atom stereocenters. The lowest BCUT2D eigenvalue weighted by Gasteiger charge is -2.19. The lowest BCUT2D eigenvalue weighted by molar-refractivity contribution is 0.385. The fraction of sp³-hybridized carbons (Fsp3) is 0.538. The van der Waals surface area contributed by atoms with Crippen molar-refractivity contribution < 1.29 is 9.47 Å². The maximum Gasteiger partial charge on any atom is 0.122 e. The minimum Gasteiger partial charge on any atom is -0.497 e. The largest absolute Gasteiger partial charge is 0.497 e. The lowest BCUT2D eigenvalue weighted by atomic mass is 9.88. The zero-order valence-corrected chi connectivity index (χ0v) is 10.3. The molecule has 0 aromatic heterocycles. The Kier molecular flexibility index (Phi) is 3.61. The molecule has 0 saturated heterocycles. The second-order valence-corrected chi connectivity index (χ2v) is 4.96. The molecule has 0 fully saturated rings. The molecule has 0 aliphatic carbocycles. The summed E-state index contributed by atoms with van der Waals surface area (Å²) in [5.41, 5.74) is 1.52. The van der Waals surface area contributed by atoms with Crippen molar-refractivity contribution in [1.29, 1.82) is 0 Å². The normalized spacial score (nSPS) is 11.3. The molecule has 0 aliphatic rings. The molecule has 0 radical (unpaired) electrons. The molecular formula is C13H20O2. The Labute approximate surface area is 92.2 Å². The first kappa shape index (κ1) is 11.9. The van der Waals surface area contributed by atoms with Crippen molar-refractivity contribution in [2.45, 2.75) is 27.2 Å². The summed E-state index contributed by atoms with van der Waals surface area (Å²) in [5.74, 6) is 1.71. The fourth-order valence-electron chi connectivity index (χ4n) is 1.58. The van der Waals surface area contributed by atoms with Crippen molar-refractivity contribution >= 4 is 0 Å².